The maximum Gasteiger partial charge on any atom is 0.236 e. The van der Waals surface area contributed by atoms with Crippen LogP contribution in [0.2, 0.25) is 0 Å². The first-order valence-electron chi connectivity index (χ1n) is 9.19. The summed E-state index contributed by atoms with van der Waals surface area (Å²) in [7, 11) is -3.43. The van der Waals surface area contributed by atoms with Gasteiger partial charge in [0.05, 0.1) is 13.2 Å². The molecule has 0 spiro atoms. The minimum atomic E-state index is -3.43. The Bertz CT molecular complexity index is 698. The van der Waals surface area contributed by atoms with Crippen LogP contribution in [0.5, 0.6) is 0 Å². The van der Waals surface area contributed by atoms with Crippen LogP contribution < -0.4 is 0 Å². The van der Waals surface area contributed by atoms with E-state index in [2.05, 4.69) is 4.90 Å². The lowest BCUT2D eigenvalue weighted by molar-refractivity contribution is 0.0309. The Labute approximate surface area is 161 Å². The van der Waals surface area contributed by atoms with Crippen molar-refractivity contribution >= 4 is 27.9 Å². The molecule has 0 amide bonds. The van der Waals surface area contributed by atoms with Crippen LogP contribution in [0, 0.1) is 6.92 Å². The minimum absolute atomic E-state index is 0.0215. The summed E-state index contributed by atoms with van der Waals surface area (Å²) in [6.07, 6.45) is 2.61. The molecule has 5 nitrogen and oxygen atoms in total. The molecular formula is C19H28N2O3S2. The Hall–Kier alpha value is -0.860. The van der Waals surface area contributed by atoms with Crippen LogP contribution in [0.3, 0.4) is 0 Å². The zero-order chi connectivity index (χ0) is 18.4. The van der Waals surface area contributed by atoms with Crippen LogP contribution in [-0.4, -0.2) is 74.6 Å². The normalized spacial score (nSPS) is 24.0. The largest absolute Gasteiger partial charge is 0.379 e. The highest BCUT2D eigenvalue weighted by molar-refractivity contribution is 7.99. The summed E-state index contributed by atoms with van der Waals surface area (Å²) >= 11 is 1.86. The van der Waals surface area contributed by atoms with Gasteiger partial charge in [-0.05, 0) is 30.7 Å². The van der Waals surface area contributed by atoms with E-state index in [1.54, 1.807) is 10.4 Å². The summed E-state index contributed by atoms with van der Waals surface area (Å²) < 4.78 is 33.2. The molecule has 0 saturated carbocycles. The maximum absolute atomic E-state index is 13.0. The van der Waals surface area contributed by atoms with Gasteiger partial charge < -0.3 is 4.74 Å². The predicted octanol–water partition coefficient (Wildman–Crippen LogP) is 2.44. The van der Waals surface area contributed by atoms with E-state index in [1.807, 2.05) is 43.0 Å². The number of hydrogen-bond acceptors (Lipinski definition) is 5. The van der Waals surface area contributed by atoms with Gasteiger partial charge in [-0.1, -0.05) is 29.8 Å². The lowest BCUT2D eigenvalue weighted by Gasteiger charge is -2.34. The SMILES string of the molecule is Cc1ccc(/C=C/S(=O)(=O)N2CCCSCC2CN2CCOCC2)cc1. The van der Waals surface area contributed by atoms with Crippen LogP contribution in [0.25, 0.3) is 6.08 Å². The zero-order valence-electron chi connectivity index (χ0n) is 15.3. The van der Waals surface area contributed by atoms with E-state index in [1.165, 1.54) is 11.0 Å². The molecule has 1 aromatic carbocycles. The number of nitrogens with zero attached hydrogens (tertiary/aromatic N) is 2. The summed E-state index contributed by atoms with van der Waals surface area (Å²) in [5.74, 6) is 1.88. The van der Waals surface area contributed by atoms with Gasteiger partial charge in [-0.25, -0.2) is 8.42 Å². The predicted molar refractivity (Wildman–Crippen MR) is 109 cm³/mol. The highest BCUT2D eigenvalue weighted by Gasteiger charge is 2.31. The lowest BCUT2D eigenvalue weighted by atomic mass is 10.2. The number of hydrogen-bond donors (Lipinski definition) is 0. The van der Waals surface area contributed by atoms with E-state index in [4.69, 9.17) is 4.74 Å². The Morgan fingerprint density at radius 1 is 1.19 bits per heavy atom. The molecule has 0 aromatic heterocycles. The highest BCUT2D eigenvalue weighted by Crippen LogP contribution is 2.22. The van der Waals surface area contributed by atoms with Crippen molar-refractivity contribution < 1.29 is 13.2 Å². The van der Waals surface area contributed by atoms with Gasteiger partial charge in [-0.2, -0.15) is 16.1 Å². The third kappa shape index (κ3) is 5.57. The Balaban J connectivity index is 1.73. The molecule has 1 atom stereocenters. The van der Waals surface area contributed by atoms with E-state index in [9.17, 15) is 8.42 Å². The second-order valence-electron chi connectivity index (χ2n) is 6.86. The van der Waals surface area contributed by atoms with Crippen LogP contribution in [-0.2, 0) is 14.8 Å². The summed E-state index contributed by atoms with van der Waals surface area (Å²) in [5, 5.41) is 1.37. The summed E-state index contributed by atoms with van der Waals surface area (Å²) in [6.45, 7) is 6.65. The van der Waals surface area contributed by atoms with Gasteiger partial charge >= 0.3 is 0 Å². The van der Waals surface area contributed by atoms with Crippen molar-refractivity contribution in [1.82, 2.24) is 9.21 Å². The number of aryl methyl sites for hydroxylation is 1. The van der Waals surface area contributed by atoms with Crippen molar-refractivity contribution in [1.29, 1.82) is 0 Å². The first-order chi connectivity index (χ1) is 12.5. The molecule has 0 radical (unpaired) electrons. The van der Waals surface area contributed by atoms with Gasteiger partial charge in [0.1, 0.15) is 0 Å². The van der Waals surface area contributed by atoms with Gasteiger partial charge in [-0.15, -0.1) is 0 Å². The molecule has 26 heavy (non-hydrogen) atoms. The monoisotopic (exact) mass is 396 g/mol. The molecule has 2 saturated heterocycles. The van der Waals surface area contributed by atoms with Gasteiger partial charge in [0, 0.05) is 43.4 Å². The van der Waals surface area contributed by atoms with Crippen molar-refractivity contribution in [2.75, 3.05) is 50.9 Å². The van der Waals surface area contributed by atoms with E-state index in [0.717, 1.165) is 56.3 Å². The van der Waals surface area contributed by atoms with Crippen molar-refractivity contribution in [2.45, 2.75) is 19.4 Å². The average Bonchev–Trinajstić information content (AvgIpc) is 2.88. The van der Waals surface area contributed by atoms with Crippen LogP contribution in [0.1, 0.15) is 17.5 Å². The second kappa shape index (κ2) is 9.37. The Kier molecular flexibility index (Phi) is 7.17. The molecule has 0 bridgehead atoms. The molecule has 144 valence electrons. The van der Waals surface area contributed by atoms with E-state index in [0.29, 0.717) is 6.54 Å². The average molecular weight is 397 g/mol. The number of rotatable bonds is 5. The topological polar surface area (TPSA) is 49.9 Å². The summed E-state index contributed by atoms with van der Waals surface area (Å²) in [4.78, 5) is 2.33. The molecular weight excluding hydrogens is 368 g/mol. The fourth-order valence-corrected chi connectivity index (χ4v) is 5.87. The third-order valence-corrected chi connectivity index (χ3v) is 7.61. The lowest BCUT2D eigenvalue weighted by Crippen LogP contribution is -2.49. The quantitative estimate of drug-likeness (QED) is 0.765. The summed E-state index contributed by atoms with van der Waals surface area (Å²) in [6, 6.07) is 7.91. The molecule has 1 unspecified atom stereocenters. The van der Waals surface area contributed by atoms with Gasteiger partial charge in [-0.3, -0.25) is 4.90 Å². The van der Waals surface area contributed by atoms with Crippen molar-refractivity contribution in [3.8, 4) is 0 Å². The molecule has 1 aromatic rings. The van der Waals surface area contributed by atoms with Gasteiger partial charge in [0.2, 0.25) is 10.0 Å². The second-order valence-corrected chi connectivity index (χ2v) is 9.79. The number of sulfonamides is 1. The van der Waals surface area contributed by atoms with Crippen LogP contribution >= 0.6 is 11.8 Å². The molecule has 0 aliphatic carbocycles. The number of morpholine rings is 1. The van der Waals surface area contributed by atoms with Crippen LogP contribution in [0.4, 0.5) is 0 Å². The van der Waals surface area contributed by atoms with E-state index >= 15 is 0 Å². The highest BCUT2D eigenvalue weighted by atomic mass is 32.2. The molecule has 2 heterocycles. The number of thioether (sulfide) groups is 1. The van der Waals surface area contributed by atoms with E-state index in [-0.39, 0.29) is 6.04 Å². The Morgan fingerprint density at radius 2 is 1.92 bits per heavy atom. The smallest absolute Gasteiger partial charge is 0.236 e. The van der Waals surface area contributed by atoms with Crippen molar-refractivity contribution in [3.63, 3.8) is 0 Å². The van der Waals surface area contributed by atoms with Gasteiger partial charge in [0.15, 0.2) is 0 Å². The maximum atomic E-state index is 13.0. The Morgan fingerprint density at radius 3 is 2.65 bits per heavy atom. The molecule has 7 heteroatoms. The van der Waals surface area contributed by atoms with Crippen LogP contribution in [0.15, 0.2) is 29.7 Å². The number of benzene rings is 1. The summed E-state index contributed by atoms with van der Waals surface area (Å²) in [5.41, 5.74) is 2.08. The first kappa shape index (κ1) is 19.9. The van der Waals surface area contributed by atoms with Crippen molar-refractivity contribution in [2.24, 2.45) is 0 Å². The molecule has 3 rings (SSSR count). The number of ether oxygens (including phenoxy) is 1. The third-order valence-electron chi connectivity index (χ3n) is 4.79. The molecule has 0 N–H and O–H groups in total. The zero-order valence-corrected chi connectivity index (χ0v) is 17.0. The van der Waals surface area contributed by atoms with Gasteiger partial charge in [0.25, 0.3) is 0 Å². The first-order valence-corrected chi connectivity index (χ1v) is 11.8. The minimum Gasteiger partial charge on any atom is -0.379 e. The standard InChI is InChI=1S/C19H28N2O3S2/c1-17-3-5-18(6-4-17)7-14-26(22,23)21-8-2-13-25-16-19(21)15-20-9-11-24-12-10-20/h3-7,14,19H,2,8-13,15-16H2,1H3/b14-7+. The molecule has 2 aliphatic rings. The molecule has 2 aliphatic heterocycles. The van der Waals surface area contributed by atoms with E-state index < -0.39 is 10.0 Å². The fourth-order valence-electron chi connectivity index (χ4n) is 3.29. The molecule has 2 fully saturated rings. The fraction of sp³-hybridized carbons (Fsp3) is 0.579. The van der Waals surface area contributed by atoms with Crippen molar-refractivity contribution in [3.05, 3.63) is 40.8 Å².